The Hall–Kier alpha value is -1.42. The van der Waals surface area contributed by atoms with Crippen molar-refractivity contribution < 1.29 is 62.7 Å². The van der Waals surface area contributed by atoms with Gasteiger partial charge in [-0.25, -0.2) is 9.59 Å². The molecule has 32 heavy (non-hydrogen) atoms. The van der Waals surface area contributed by atoms with Crippen molar-refractivity contribution in [3.63, 3.8) is 0 Å². The summed E-state index contributed by atoms with van der Waals surface area (Å²) in [5, 5.41) is 18.2. The van der Waals surface area contributed by atoms with Gasteiger partial charge in [0.1, 0.15) is 13.1 Å². The third-order valence-corrected chi connectivity index (χ3v) is 5.62. The van der Waals surface area contributed by atoms with Crippen molar-refractivity contribution in [1.29, 1.82) is 0 Å². The number of aliphatic hydroxyl groups is 2. The van der Waals surface area contributed by atoms with Crippen molar-refractivity contribution in [2.75, 3.05) is 54.5 Å². The largest absolute Gasteiger partial charge is 1.00 e. The van der Waals surface area contributed by atoms with Gasteiger partial charge in [-0.3, -0.25) is 8.97 Å². The second-order valence-corrected chi connectivity index (χ2v) is 8.80. The fourth-order valence-electron chi connectivity index (χ4n) is 3.16. The van der Waals surface area contributed by atoms with Crippen LogP contribution in [0.15, 0.2) is 48.5 Å². The van der Waals surface area contributed by atoms with Crippen LogP contribution in [0.3, 0.4) is 0 Å². The topological polar surface area (TPSA) is 74.6 Å². The molecular formula is C24H34Br2N2O4. The number of halogens is 2. The predicted octanol–water partition coefficient (Wildman–Crippen LogP) is -4.36. The molecule has 0 saturated carbocycles. The van der Waals surface area contributed by atoms with Crippen LogP contribution in [-0.4, -0.2) is 85.5 Å². The molecule has 0 unspecified atom stereocenters. The summed E-state index contributed by atoms with van der Waals surface area (Å²) in [6.45, 7) is 0.776. The normalized spacial score (nSPS) is 11.3. The molecule has 0 aromatic heterocycles. The number of hydrogen-bond acceptors (Lipinski definition) is 4. The number of carbonyl (C=O) groups is 2. The second kappa shape index (κ2) is 13.3. The number of amides is 2. The third-order valence-electron chi connectivity index (χ3n) is 5.62. The number of hydrogen-bond donors (Lipinski definition) is 2. The quantitative estimate of drug-likeness (QED) is 0.297. The Bertz CT molecular complexity index is 793. The molecule has 8 heteroatoms. The molecule has 6 nitrogen and oxygen atoms in total. The monoisotopic (exact) mass is 572 g/mol. The molecule has 2 rings (SSSR count). The number of quaternary nitrogens is 2. The molecule has 178 valence electrons. The van der Waals surface area contributed by atoms with Gasteiger partial charge >= 0.3 is 11.8 Å². The molecular weight excluding hydrogens is 540 g/mol. The van der Waals surface area contributed by atoms with E-state index in [0.717, 1.165) is 22.3 Å². The van der Waals surface area contributed by atoms with E-state index in [0.29, 0.717) is 25.9 Å². The number of aliphatic hydroxyl groups excluding tert-OH is 2. The van der Waals surface area contributed by atoms with E-state index in [-0.39, 0.29) is 68.0 Å². The molecule has 2 N–H and O–H groups in total. The van der Waals surface area contributed by atoms with Gasteiger partial charge in [-0.05, 0) is 22.3 Å². The molecule has 0 spiro atoms. The number of benzene rings is 2. The van der Waals surface area contributed by atoms with Crippen LogP contribution in [0.2, 0.25) is 0 Å². The first kappa shape index (κ1) is 30.6. The Labute approximate surface area is 212 Å². The zero-order valence-electron chi connectivity index (χ0n) is 19.2. The molecule has 0 saturated heterocycles. The van der Waals surface area contributed by atoms with E-state index < -0.39 is 0 Å². The first-order valence-corrected chi connectivity index (χ1v) is 10.2. The van der Waals surface area contributed by atoms with Gasteiger partial charge in [0.05, 0.1) is 54.2 Å². The smallest absolute Gasteiger partial charge is 0.317 e. The van der Waals surface area contributed by atoms with Crippen LogP contribution in [-0.2, 0) is 22.4 Å². The molecule has 0 heterocycles. The van der Waals surface area contributed by atoms with Gasteiger partial charge in [-0.2, -0.15) is 0 Å². The van der Waals surface area contributed by atoms with Crippen LogP contribution in [0.5, 0.6) is 0 Å². The SMILES string of the molecule is C[N+](C)(CCO)C(=O)Cc1ccc(-c2ccc(CC(=O)[N+](C)(C)CCO)cc2)cc1.[Br-].[Br-]. The van der Waals surface area contributed by atoms with Crippen LogP contribution in [0.25, 0.3) is 11.1 Å². The average Bonchev–Trinajstić information content (AvgIpc) is 2.69. The highest BCUT2D eigenvalue weighted by molar-refractivity contribution is 5.74. The summed E-state index contributed by atoms with van der Waals surface area (Å²) in [6.07, 6.45) is 0.659. The Balaban J connectivity index is 0.00000480. The molecule has 0 fully saturated rings. The molecule has 0 aliphatic carbocycles. The van der Waals surface area contributed by atoms with E-state index >= 15 is 0 Å². The minimum atomic E-state index is -0.0166. The summed E-state index contributed by atoms with van der Waals surface area (Å²) >= 11 is 0. The Morgan fingerprint density at radius 1 is 0.625 bits per heavy atom. The van der Waals surface area contributed by atoms with Crippen LogP contribution >= 0.6 is 0 Å². The maximum Gasteiger partial charge on any atom is 0.317 e. The van der Waals surface area contributed by atoms with E-state index in [1.165, 1.54) is 0 Å². The van der Waals surface area contributed by atoms with Crippen molar-refractivity contribution in [2.45, 2.75) is 12.8 Å². The molecule has 2 amide bonds. The number of rotatable bonds is 9. The van der Waals surface area contributed by atoms with Crippen LogP contribution in [0, 0.1) is 0 Å². The standard InChI is InChI=1S/C24H34N2O4.2BrH/c1-25(2,13-15-27)23(29)17-19-5-9-21(10-6-19)22-11-7-20(8-12-22)18-24(30)26(3,4)14-16-28;;/h5-12,27-28H,13-18H2,1-4H3;2*1H/q+2;;/p-2. The minimum Gasteiger partial charge on any atom is -1.00 e. The average molecular weight is 574 g/mol. The first-order chi connectivity index (χ1) is 14.1. The first-order valence-electron chi connectivity index (χ1n) is 10.2. The molecule has 2 aromatic rings. The molecule has 0 aliphatic heterocycles. The van der Waals surface area contributed by atoms with E-state index in [4.69, 9.17) is 10.2 Å². The molecule has 2 aromatic carbocycles. The summed E-state index contributed by atoms with van der Waals surface area (Å²) < 4.78 is 0.318. The Morgan fingerprint density at radius 2 is 0.906 bits per heavy atom. The van der Waals surface area contributed by atoms with Crippen molar-refractivity contribution in [3.05, 3.63) is 59.7 Å². The van der Waals surface area contributed by atoms with Gasteiger partial charge in [0.2, 0.25) is 0 Å². The number of likely N-dealkylation sites (N-methyl/N-ethyl adjacent to an activating group) is 2. The summed E-state index contributed by atoms with van der Waals surface area (Å²) in [7, 11) is 7.23. The predicted molar refractivity (Wildman–Crippen MR) is 117 cm³/mol. The number of nitrogens with zero attached hydrogens (tertiary/aromatic N) is 2. The van der Waals surface area contributed by atoms with Crippen molar-refractivity contribution in [1.82, 2.24) is 0 Å². The van der Waals surface area contributed by atoms with Crippen LogP contribution < -0.4 is 34.0 Å². The summed E-state index contributed by atoms with van der Waals surface area (Å²) in [5.74, 6) is 0.127. The van der Waals surface area contributed by atoms with E-state index in [1.807, 2.05) is 76.7 Å². The highest BCUT2D eigenvalue weighted by Gasteiger charge is 2.26. The van der Waals surface area contributed by atoms with E-state index in [1.54, 1.807) is 0 Å². The second-order valence-electron chi connectivity index (χ2n) is 8.80. The van der Waals surface area contributed by atoms with Gasteiger partial charge in [0.15, 0.2) is 0 Å². The van der Waals surface area contributed by atoms with Gasteiger partial charge < -0.3 is 44.2 Å². The highest BCUT2D eigenvalue weighted by atomic mass is 79.9. The lowest BCUT2D eigenvalue weighted by molar-refractivity contribution is -0.814. The lowest BCUT2D eigenvalue weighted by Gasteiger charge is -2.26. The Morgan fingerprint density at radius 3 is 1.16 bits per heavy atom. The lowest BCUT2D eigenvalue weighted by Crippen LogP contribution is -3.00. The van der Waals surface area contributed by atoms with Crippen LogP contribution in [0.1, 0.15) is 11.1 Å². The minimum absolute atomic E-state index is 0. The molecule has 0 atom stereocenters. The lowest BCUT2D eigenvalue weighted by atomic mass is 10.0. The highest BCUT2D eigenvalue weighted by Crippen LogP contribution is 2.21. The van der Waals surface area contributed by atoms with E-state index in [2.05, 4.69) is 0 Å². The fourth-order valence-corrected chi connectivity index (χ4v) is 3.16. The molecule has 0 bridgehead atoms. The zero-order valence-corrected chi connectivity index (χ0v) is 22.4. The zero-order chi connectivity index (χ0) is 22.4. The fraction of sp³-hybridized carbons (Fsp3) is 0.417. The molecule has 0 radical (unpaired) electrons. The van der Waals surface area contributed by atoms with Gasteiger partial charge in [0, 0.05) is 0 Å². The maximum atomic E-state index is 12.4. The molecule has 0 aliphatic rings. The summed E-state index contributed by atoms with van der Waals surface area (Å²) in [4.78, 5) is 24.9. The van der Waals surface area contributed by atoms with Crippen LogP contribution in [0.4, 0.5) is 0 Å². The summed E-state index contributed by atoms with van der Waals surface area (Å²) in [5.41, 5.74) is 3.98. The van der Waals surface area contributed by atoms with Gasteiger partial charge in [-0.1, -0.05) is 48.5 Å². The van der Waals surface area contributed by atoms with Crippen molar-refractivity contribution in [2.24, 2.45) is 0 Å². The maximum absolute atomic E-state index is 12.4. The van der Waals surface area contributed by atoms with Gasteiger partial charge in [0.25, 0.3) is 0 Å². The van der Waals surface area contributed by atoms with Crippen molar-refractivity contribution >= 4 is 11.8 Å². The van der Waals surface area contributed by atoms with Crippen molar-refractivity contribution in [3.8, 4) is 11.1 Å². The Kier molecular flexibility index (Phi) is 12.7. The third kappa shape index (κ3) is 8.50. The summed E-state index contributed by atoms with van der Waals surface area (Å²) in [6, 6.07) is 15.8. The van der Waals surface area contributed by atoms with Gasteiger partial charge in [-0.15, -0.1) is 0 Å². The number of carbonyl (C=O) groups excluding carboxylic acids is 2. The van der Waals surface area contributed by atoms with E-state index in [9.17, 15) is 9.59 Å².